The number of guanidine groups is 1. The third-order valence-corrected chi connectivity index (χ3v) is 2.82. The monoisotopic (exact) mass is 391 g/mol. The summed E-state index contributed by atoms with van der Waals surface area (Å²) >= 11 is 0. The summed E-state index contributed by atoms with van der Waals surface area (Å²) in [5.41, 5.74) is 8.16. The van der Waals surface area contributed by atoms with Gasteiger partial charge in [0.05, 0.1) is 7.11 Å². The summed E-state index contributed by atoms with van der Waals surface area (Å²) in [6.07, 6.45) is 0.897. The number of methoxy groups -OCH3 is 1. The van der Waals surface area contributed by atoms with E-state index < -0.39 is 0 Å². The SMILES string of the molecule is COc1cc(CCNC(N)=NCC(C)C)ccc1C.I. The average molecular weight is 391 g/mol. The number of halogens is 1. The minimum absolute atomic E-state index is 0. The van der Waals surface area contributed by atoms with E-state index in [4.69, 9.17) is 10.5 Å². The molecule has 0 aliphatic rings. The van der Waals surface area contributed by atoms with Crippen molar-refractivity contribution < 1.29 is 4.74 Å². The molecule has 0 unspecified atom stereocenters. The predicted molar refractivity (Wildman–Crippen MR) is 96.2 cm³/mol. The van der Waals surface area contributed by atoms with Crippen molar-refractivity contribution in [2.75, 3.05) is 20.2 Å². The van der Waals surface area contributed by atoms with Crippen LogP contribution in [0.3, 0.4) is 0 Å². The summed E-state index contributed by atoms with van der Waals surface area (Å²) in [6.45, 7) is 7.82. The van der Waals surface area contributed by atoms with E-state index in [1.54, 1.807) is 7.11 Å². The van der Waals surface area contributed by atoms with Gasteiger partial charge in [-0.05, 0) is 36.5 Å². The summed E-state index contributed by atoms with van der Waals surface area (Å²) < 4.78 is 5.31. The Balaban J connectivity index is 0.00000361. The van der Waals surface area contributed by atoms with Crippen LogP contribution in [-0.4, -0.2) is 26.2 Å². The maximum absolute atomic E-state index is 5.78. The fourth-order valence-corrected chi connectivity index (χ4v) is 1.69. The largest absolute Gasteiger partial charge is 0.496 e. The highest BCUT2D eigenvalue weighted by molar-refractivity contribution is 14.0. The van der Waals surface area contributed by atoms with Gasteiger partial charge in [-0.15, -0.1) is 24.0 Å². The fourth-order valence-electron chi connectivity index (χ4n) is 1.69. The maximum atomic E-state index is 5.78. The molecule has 114 valence electrons. The van der Waals surface area contributed by atoms with Crippen molar-refractivity contribution in [3.05, 3.63) is 29.3 Å². The van der Waals surface area contributed by atoms with Crippen LogP contribution in [0.1, 0.15) is 25.0 Å². The van der Waals surface area contributed by atoms with E-state index in [0.717, 1.165) is 30.8 Å². The van der Waals surface area contributed by atoms with Crippen LogP contribution in [0.5, 0.6) is 5.75 Å². The molecule has 0 bridgehead atoms. The molecule has 1 aromatic rings. The van der Waals surface area contributed by atoms with Crippen LogP contribution in [0.15, 0.2) is 23.2 Å². The molecule has 0 aromatic heterocycles. The summed E-state index contributed by atoms with van der Waals surface area (Å²) in [5.74, 6) is 1.98. The Labute approximate surface area is 139 Å². The van der Waals surface area contributed by atoms with E-state index in [2.05, 4.69) is 42.4 Å². The summed E-state index contributed by atoms with van der Waals surface area (Å²) in [5, 5.41) is 3.13. The lowest BCUT2D eigenvalue weighted by Gasteiger charge is -2.09. The molecule has 0 atom stereocenters. The molecule has 5 heteroatoms. The van der Waals surface area contributed by atoms with Crippen molar-refractivity contribution in [2.24, 2.45) is 16.6 Å². The van der Waals surface area contributed by atoms with Crippen LogP contribution in [0.25, 0.3) is 0 Å². The molecule has 0 heterocycles. The zero-order valence-electron chi connectivity index (χ0n) is 12.8. The minimum Gasteiger partial charge on any atom is -0.496 e. The number of hydrogen-bond donors (Lipinski definition) is 2. The zero-order chi connectivity index (χ0) is 14.3. The molecule has 0 aliphatic heterocycles. The van der Waals surface area contributed by atoms with Gasteiger partial charge < -0.3 is 15.8 Å². The summed E-state index contributed by atoms with van der Waals surface area (Å²) in [7, 11) is 1.70. The number of aliphatic imine (C=N–C) groups is 1. The van der Waals surface area contributed by atoms with Gasteiger partial charge in [0.1, 0.15) is 5.75 Å². The van der Waals surface area contributed by atoms with Gasteiger partial charge in [-0.2, -0.15) is 0 Å². The average Bonchev–Trinajstić information content (AvgIpc) is 2.38. The topological polar surface area (TPSA) is 59.6 Å². The molecular weight excluding hydrogens is 365 g/mol. The number of rotatable bonds is 6. The van der Waals surface area contributed by atoms with Crippen LogP contribution in [0.2, 0.25) is 0 Å². The highest BCUT2D eigenvalue weighted by Crippen LogP contribution is 2.18. The lowest BCUT2D eigenvalue weighted by Crippen LogP contribution is -2.33. The molecule has 0 saturated heterocycles. The predicted octanol–water partition coefficient (Wildman–Crippen LogP) is 2.72. The van der Waals surface area contributed by atoms with Crippen molar-refractivity contribution in [3.63, 3.8) is 0 Å². The standard InChI is InChI=1S/C15H25N3O.HI/c1-11(2)10-18-15(16)17-8-7-13-6-5-12(3)14(9-13)19-4;/h5-6,9,11H,7-8,10H2,1-4H3,(H3,16,17,18);1H. The third-order valence-electron chi connectivity index (χ3n) is 2.82. The van der Waals surface area contributed by atoms with E-state index in [-0.39, 0.29) is 24.0 Å². The van der Waals surface area contributed by atoms with E-state index in [9.17, 15) is 0 Å². The number of benzene rings is 1. The molecule has 0 spiro atoms. The normalized spacial score (nSPS) is 11.2. The Bertz CT molecular complexity index is 433. The first kappa shape index (κ1) is 19.0. The number of ether oxygens (including phenoxy) is 1. The third kappa shape index (κ3) is 6.98. The fraction of sp³-hybridized carbons (Fsp3) is 0.533. The van der Waals surface area contributed by atoms with Gasteiger partial charge in [-0.3, -0.25) is 4.99 Å². The highest BCUT2D eigenvalue weighted by atomic mass is 127. The first-order valence-corrected chi connectivity index (χ1v) is 6.70. The Morgan fingerprint density at radius 1 is 1.40 bits per heavy atom. The second-order valence-electron chi connectivity index (χ2n) is 5.10. The molecule has 3 N–H and O–H groups in total. The van der Waals surface area contributed by atoms with E-state index >= 15 is 0 Å². The van der Waals surface area contributed by atoms with Crippen LogP contribution >= 0.6 is 24.0 Å². The lowest BCUT2D eigenvalue weighted by atomic mass is 10.1. The van der Waals surface area contributed by atoms with Crippen molar-refractivity contribution in [2.45, 2.75) is 27.2 Å². The molecule has 4 nitrogen and oxygen atoms in total. The first-order chi connectivity index (χ1) is 9.02. The zero-order valence-corrected chi connectivity index (χ0v) is 15.1. The van der Waals surface area contributed by atoms with E-state index in [1.165, 1.54) is 5.56 Å². The molecule has 0 radical (unpaired) electrons. The van der Waals surface area contributed by atoms with Gasteiger partial charge >= 0.3 is 0 Å². The Morgan fingerprint density at radius 3 is 2.70 bits per heavy atom. The van der Waals surface area contributed by atoms with Gasteiger partial charge in [0, 0.05) is 13.1 Å². The molecular formula is C15H26IN3O. The molecule has 0 saturated carbocycles. The summed E-state index contributed by atoms with van der Waals surface area (Å²) in [4.78, 5) is 4.26. The molecule has 0 amide bonds. The molecule has 1 aromatic carbocycles. The Hall–Kier alpha value is -0.980. The van der Waals surface area contributed by atoms with Crippen molar-refractivity contribution >= 4 is 29.9 Å². The second kappa shape index (κ2) is 9.85. The van der Waals surface area contributed by atoms with E-state index in [1.807, 2.05) is 6.92 Å². The number of nitrogens with two attached hydrogens (primary N) is 1. The van der Waals surface area contributed by atoms with Crippen LogP contribution in [-0.2, 0) is 6.42 Å². The van der Waals surface area contributed by atoms with Crippen molar-refractivity contribution in [1.29, 1.82) is 0 Å². The molecule has 1 rings (SSSR count). The quantitative estimate of drug-likeness (QED) is 0.446. The van der Waals surface area contributed by atoms with Gasteiger partial charge in [-0.25, -0.2) is 0 Å². The van der Waals surface area contributed by atoms with Crippen LogP contribution in [0.4, 0.5) is 0 Å². The van der Waals surface area contributed by atoms with Gasteiger partial charge in [-0.1, -0.05) is 26.0 Å². The lowest BCUT2D eigenvalue weighted by molar-refractivity contribution is 0.411. The first-order valence-electron chi connectivity index (χ1n) is 6.70. The van der Waals surface area contributed by atoms with Crippen molar-refractivity contribution in [1.82, 2.24) is 5.32 Å². The van der Waals surface area contributed by atoms with Gasteiger partial charge in [0.15, 0.2) is 5.96 Å². The summed E-state index contributed by atoms with van der Waals surface area (Å²) in [6, 6.07) is 6.25. The van der Waals surface area contributed by atoms with Crippen molar-refractivity contribution in [3.8, 4) is 5.75 Å². The number of nitrogens with zero attached hydrogens (tertiary/aromatic N) is 1. The van der Waals surface area contributed by atoms with Crippen LogP contribution < -0.4 is 15.8 Å². The Morgan fingerprint density at radius 2 is 2.10 bits per heavy atom. The van der Waals surface area contributed by atoms with Crippen LogP contribution in [0, 0.1) is 12.8 Å². The van der Waals surface area contributed by atoms with Gasteiger partial charge in [0.2, 0.25) is 0 Å². The smallest absolute Gasteiger partial charge is 0.188 e. The molecule has 20 heavy (non-hydrogen) atoms. The van der Waals surface area contributed by atoms with Gasteiger partial charge in [0.25, 0.3) is 0 Å². The number of hydrogen-bond acceptors (Lipinski definition) is 2. The Kier molecular flexibility index (Phi) is 9.37. The maximum Gasteiger partial charge on any atom is 0.188 e. The highest BCUT2D eigenvalue weighted by Gasteiger charge is 2.01. The van der Waals surface area contributed by atoms with E-state index in [0.29, 0.717) is 11.9 Å². The second-order valence-corrected chi connectivity index (χ2v) is 5.10. The number of aryl methyl sites for hydroxylation is 1. The number of nitrogens with one attached hydrogen (secondary N) is 1. The molecule has 0 aliphatic carbocycles. The minimum atomic E-state index is 0. The molecule has 0 fully saturated rings.